The van der Waals surface area contributed by atoms with Crippen molar-refractivity contribution in [1.29, 1.82) is 0 Å². The molecule has 0 atom stereocenters. The predicted octanol–water partition coefficient (Wildman–Crippen LogP) is 2.78. The minimum absolute atomic E-state index is 0.488. The van der Waals surface area contributed by atoms with Gasteiger partial charge in [-0.1, -0.05) is 0 Å². The van der Waals surface area contributed by atoms with Crippen molar-refractivity contribution in [3.05, 3.63) is 34.7 Å². The van der Waals surface area contributed by atoms with Gasteiger partial charge < -0.3 is 10.1 Å². The lowest BCUT2D eigenvalue weighted by Crippen LogP contribution is -1.99. The highest BCUT2D eigenvalue weighted by molar-refractivity contribution is 9.10. The highest BCUT2D eigenvalue weighted by atomic mass is 79.9. The molecule has 0 saturated carbocycles. The first kappa shape index (κ1) is 11.8. The Bertz CT molecular complexity index is 533. The van der Waals surface area contributed by atoms with E-state index in [-0.39, 0.29) is 0 Å². The Morgan fingerprint density at radius 3 is 2.76 bits per heavy atom. The highest BCUT2D eigenvalue weighted by Crippen LogP contribution is 2.22. The predicted molar refractivity (Wildman–Crippen MR) is 68.3 cm³/mol. The van der Waals surface area contributed by atoms with Gasteiger partial charge in [-0.05, 0) is 28.9 Å². The monoisotopic (exact) mass is 294 g/mol. The minimum Gasteiger partial charge on any atom is -0.437 e. The number of hydrogen-bond donors (Lipinski definition) is 1. The zero-order valence-electron chi connectivity index (χ0n) is 9.44. The van der Waals surface area contributed by atoms with Crippen LogP contribution >= 0.6 is 15.9 Å². The van der Waals surface area contributed by atoms with Crippen LogP contribution in [0.4, 0.5) is 5.95 Å². The van der Waals surface area contributed by atoms with Crippen LogP contribution in [-0.4, -0.2) is 22.0 Å². The Kier molecular flexibility index (Phi) is 3.53. The zero-order valence-corrected chi connectivity index (χ0v) is 11.0. The van der Waals surface area contributed by atoms with Crippen LogP contribution in [0.2, 0.25) is 0 Å². The fraction of sp³-hybridized carbons (Fsp3) is 0.182. The largest absolute Gasteiger partial charge is 0.437 e. The molecule has 0 amide bonds. The average Bonchev–Trinajstić information content (AvgIpc) is 2.28. The first-order chi connectivity index (χ1) is 8.17. The summed E-state index contributed by atoms with van der Waals surface area (Å²) in [5.41, 5.74) is 0.835. The van der Waals surface area contributed by atoms with Gasteiger partial charge >= 0.3 is 0 Å². The van der Waals surface area contributed by atoms with Crippen LogP contribution in [0, 0.1) is 6.92 Å². The van der Waals surface area contributed by atoms with Gasteiger partial charge in [0.1, 0.15) is 5.75 Å². The summed E-state index contributed by atoms with van der Waals surface area (Å²) in [5.74, 6) is 1.64. The van der Waals surface area contributed by atoms with Crippen LogP contribution in [0.1, 0.15) is 5.69 Å². The quantitative estimate of drug-likeness (QED) is 0.943. The molecular weight excluding hydrogens is 284 g/mol. The summed E-state index contributed by atoms with van der Waals surface area (Å²) < 4.78 is 6.46. The third kappa shape index (κ3) is 3.13. The van der Waals surface area contributed by atoms with Crippen molar-refractivity contribution < 1.29 is 4.74 Å². The summed E-state index contributed by atoms with van der Waals surface area (Å²) in [6.07, 6.45) is 3.32. The molecule has 2 aromatic heterocycles. The van der Waals surface area contributed by atoms with Gasteiger partial charge in [-0.2, -0.15) is 4.98 Å². The molecule has 5 nitrogen and oxygen atoms in total. The van der Waals surface area contributed by atoms with Gasteiger partial charge in [-0.3, -0.25) is 4.98 Å². The highest BCUT2D eigenvalue weighted by Gasteiger charge is 2.03. The van der Waals surface area contributed by atoms with E-state index in [0.717, 1.165) is 10.2 Å². The van der Waals surface area contributed by atoms with Crippen molar-refractivity contribution in [2.45, 2.75) is 6.92 Å². The lowest BCUT2D eigenvalue weighted by molar-refractivity contribution is 0.459. The number of rotatable bonds is 3. The Morgan fingerprint density at radius 2 is 2.06 bits per heavy atom. The fourth-order valence-corrected chi connectivity index (χ4v) is 1.62. The number of pyridine rings is 1. The SMILES string of the molecule is CNc1nc(C)cc(Oc2cncc(Br)c2)n1. The maximum Gasteiger partial charge on any atom is 0.225 e. The third-order valence-corrected chi connectivity index (χ3v) is 2.39. The summed E-state index contributed by atoms with van der Waals surface area (Å²) >= 11 is 3.33. The van der Waals surface area contributed by atoms with Crippen molar-refractivity contribution in [2.75, 3.05) is 12.4 Å². The number of anilines is 1. The van der Waals surface area contributed by atoms with Gasteiger partial charge in [-0.25, -0.2) is 4.98 Å². The first-order valence-corrected chi connectivity index (χ1v) is 5.78. The van der Waals surface area contributed by atoms with Gasteiger partial charge in [-0.15, -0.1) is 0 Å². The smallest absolute Gasteiger partial charge is 0.225 e. The molecule has 88 valence electrons. The molecule has 0 unspecified atom stereocenters. The molecule has 0 aliphatic rings. The van der Waals surface area contributed by atoms with Crippen molar-refractivity contribution in [1.82, 2.24) is 15.0 Å². The van der Waals surface area contributed by atoms with E-state index in [2.05, 4.69) is 36.2 Å². The molecule has 2 rings (SSSR count). The Hall–Kier alpha value is -1.69. The molecule has 0 aromatic carbocycles. The summed E-state index contributed by atoms with van der Waals surface area (Å²) in [4.78, 5) is 12.4. The molecule has 2 heterocycles. The van der Waals surface area contributed by atoms with Crippen molar-refractivity contribution >= 4 is 21.9 Å². The van der Waals surface area contributed by atoms with E-state index in [1.54, 1.807) is 25.5 Å². The van der Waals surface area contributed by atoms with Crippen molar-refractivity contribution in [3.8, 4) is 11.6 Å². The van der Waals surface area contributed by atoms with Gasteiger partial charge in [0.05, 0.1) is 6.20 Å². The lowest BCUT2D eigenvalue weighted by Gasteiger charge is -2.07. The summed E-state index contributed by atoms with van der Waals surface area (Å²) in [6, 6.07) is 3.59. The number of hydrogen-bond acceptors (Lipinski definition) is 5. The van der Waals surface area contributed by atoms with Crippen LogP contribution < -0.4 is 10.1 Å². The maximum absolute atomic E-state index is 5.60. The molecule has 0 bridgehead atoms. The summed E-state index contributed by atoms with van der Waals surface area (Å²) in [7, 11) is 1.76. The molecule has 0 spiro atoms. The zero-order chi connectivity index (χ0) is 12.3. The molecule has 1 N–H and O–H groups in total. The molecule has 0 saturated heterocycles. The van der Waals surface area contributed by atoms with Crippen molar-refractivity contribution in [3.63, 3.8) is 0 Å². The lowest BCUT2D eigenvalue weighted by atomic mass is 10.4. The summed E-state index contributed by atoms with van der Waals surface area (Å²) in [5, 5.41) is 2.88. The summed E-state index contributed by atoms with van der Waals surface area (Å²) in [6.45, 7) is 1.88. The second-order valence-electron chi connectivity index (χ2n) is 3.36. The number of nitrogens with zero attached hydrogens (tertiary/aromatic N) is 3. The van der Waals surface area contributed by atoms with E-state index >= 15 is 0 Å². The molecule has 0 aliphatic carbocycles. The van der Waals surface area contributed by atoms with Gasteiger partial charge in [0.15, 0.2) is 0 Å². The Balaban J connectivity index is 2.26. The molecular formula is C11H11BrN4O. The van der Waals surface area contributed by atoms with Crippen LogP contribution in [0.15, 0.2) is 29.0 Å². The number of ether oxygens (including phenoxy) is 1. The van der Waals surface area contributed by atoms with Gasteiger partial charge in [0, 0.05) is 29.5 Å². The van der Waals surface area contributed by atoms with Crippen LogP contribution in [0.5, 0.6) is 11.6 Å². The van der Waals surface area contributed by atoms with E-state index < -0.39 is 0 Å². The molecule has 6 heteroatoms. The third-order valence-electron chi connectivity index (χ3n) is 1.96. The minimum atomic E-state index is 0.488. The molecule has 0 aliphatic heterocycles. The van der Waals surface area contributed by atoms with E-state index in [1.807, 2.05) is 13.0 Å². The van der Waals surface area contributed by atoms with Gasteiger partial charge in [0.25, 0.3) is 0 Å². The van der Waals surface area contributed by atoms with Crippen LogP contribution in [-0.2, 0) is 0 Å². The van der Waals surface area contributed by atoms with E-state index in [1.165, 1.54) is 0 Å². The Labute approximate surface area is 107 Å². The maximum atomic E-state index is 5.60. The average molecular weight is 295 g/mol. The fourth-order valence-electron chi connectivity index (χ4n) is 1.27. The van der Waals surface area contributed by atoms with E-state index in [4.69, 9.17) is 4.74 Å². The number of aryl methyl sites for hydroxylation is 1. The van der Waals surface area contributed by atoms with E-state index in [0.29, 0.717) is 17.6 Å². The molecule has 17 heavy (non-hydrogen) atoms. The van der Waals surface area contributed by atoms with Gasteiger partial charge in [0.2, 0.25) is 11.8 Å². The van der Waals surface area contributed by atoms with Crippen molar-refractivity contribution in [2.24, 2.45) is 0 Å². The Morgan fingerprint density at radius 1 is 1.24 bits per heavy atom. The molecule has 0 radical (unpaired) electrons. The van der Waals surface area contributed by atoms with Crippen LogP contribution in [0.3, 0.4) is 0 Å². The first-order valence-electron chi connectivity index (χ1n) is 4.99. The van der Waals surface area contributed by atoms with E-state index in [9.17, 15) is 0 Å². The second-order valence-corrected chi connectivity index (χ2v) is 4.28. The normalized spacial score (nSPS) is 10.1. The molecule has 2 aromatic rings. The van der Waals surface area contributed by atoms with Crippen LogP contribution in [0.25, 0.3) is 0 Å². The second kappa shape index (κ2) is 5.09. The number of aromatic nitrogens is 3. The standard InChI is InChI=1S/C11H11BrN4O/c1-7-3-10(16-11(13-2)15-7)17-9-4-8(12)5-14-6-9/h3-6H,1-2H3,(H,13,15,16). The number of nitrogens with one attached hydrogen (secondary N) is 1. The molecule has 0 fully saturated rings. The topological polar surface area (TPSA) is 59.9 Å². The number of halogens is 1.